The van der Waals surface area contributed by atoms with Crippen molar-refractivity contribution in [1.82, 2.24) is 0 Å². The normalized spacial score (nSPS) is 11.9. The standard InChI is InChI=1S/C34H26O11/c35-21-3-1-2-18(12-21)24-15-28(38)29(39)16-25(24)19-5-7-22-23(13-19)20(14-30(40)33(22)42)6-9-32(41)45-31(34(43)44)11-17-4-8-26(36)27(37)10-17/h1-10,12-16,31,35-40,42H,11H2,(H,43,44)/t31-/m1/s1. The van der Waals surface area contributed by atoms with Crippen LogP contribution in [0.1, 0.15) is 11.1 Å². The predicted octanol–water partition coefficient (Wildman–Crippen LogP) is 5.37. The first kappa shape index (κ1) is 30.1. The van der Waals surface area contributed by atoms with Crippen molar-refractivity contribution in [2.45, 2.75) is 12.5 Å². The summed E-state index contributed by atoms with van der Waals surface area (Å²) in [5.74, 6) is -5.05. The van der Waals surface area contributed by atoms with Gasteiger partial charge in [0.05, 0.1) is 0 Å². The van der Waals surface area contributed by atoms with E-state index in [9.17, 15) is 50.4 Å². The summed E-state index contributed by atoms with van der Waals surface area (Å²) in [6.45, 7) is 0. The van der Waals surface area contributed by atoms with Crippen LogP contribution in [0, 0.1) is 0 Å². The molecular formula is C34H26O11. The number of carbonyl (C=O) groups is 2. The van der Waals surface area contributed by atoms with Gasteiger partial charge < -0.3 is 45.6 Å². The van der Waals surface area contributed by atoms with E-state index in [1.807, 2.05) is 0 Å². The van der Waals surface area contributed by atoms with Crippen molar-refractivity contribution >= 4 is 28.8 Å². The zero-order valence-corrected chi connectivity index (χ0v) is 23.2. The maximum absolute atomic E-state index is 12.7. The van der Waals surface area contributed by atoms with Gasteiger partial charge in [0.25, 0.3) is 0 Å². The molecular weight excluding hydrogens is 584 g/mol. The number of phenols is 7. The molecule has 0 radical (unpaired) electrons. The molecule has 0 aliphatic rings. The van der Waals surface area contributed by atoms with Crippen LogP contribution in [0.2, 0.25) is 0 Å². The van der Waals surface area contributed by atoms with Crippen molar-refractivity contribution in [2.75, 3.05) is 0 Å². The number of carbonyl (C=O) groups excluding carboxylic acids is 1. The summed E-state index contributed by atoms with van der Waals surface area (Å²) in [4.78, 5) is 24.4. The van der Waals surface area contributed by atoms with Gasteiger partial charge in [-0.05, 0) is 99.4 Å². The van der Waals surface area contributed by atoms with Gasteiger partial charge in [0, 0.05) is 17.9 Å². The average Bonchev–Trinajstić information content (AvgIpc) is 3.00. The van der Waals surface area contributed by atoms with Crippen LogP contribution in [-0.2, 0) is 20.7 Å². The van der Waals surface area contributed by atoms with Gasteiger partial charge in [-0.25, -0.2) is 9.59 Å². The fourth-order valence-electron chi connectivity index (χ4n) is 4.88. The molecule has 0 saturated heterocycles. The van der Waals surface area contributed by atoms with Crippen molar-refractivity contribution < 1.29 is 55.2 Å². The van der Waals surface area contributed by atoms with Gasteiger partial charge in [-0.3, -0.25) is 0 Å². The van der Waals surface area contributed by atoms with Gasteiger partial charge in [0.2, 0.25) is 6.10 Å². The minimum atomic E-state index is -1.62. The van der Waals surface area contributed by atoms with E-state index in [0.717, 1.165) is 12.1 Å². The lowest BCUT2D eigenvalue weighted by atomic mass is 9.91. The molecule has 0 bridgehead atoms. The number of hydrogen-bond acceptors (Lipinski definition) is 10. The van der Waals surface area contributed by atoms with E-state index in [0.29, 0.717) is 33.2 Å². The largest absolute Gasteiger partial charge is 0.508 e. The van der Waals surface area contributed by atoms with Gasteiger partial charge in [0.1, 0.15) is 5.75 Å². The average molecular weight is 611 g/mol. The van der Waals surface area contributed by atoms with E-state index >= 15 is 0 Å². The SMILES string of the molecule is O=C(C=Cc1cc(O)c(O)c2ccc(-c3cc(O)c(O)cc3-c3cccc(O)c3)cc12)O[C@H](Cc1ccc(O)c(O)c1)C(=O)O. The van der Waals surface area contributed by atoms with Crippen LogP contribution in [0.3, 0.4) is 0 Å². The Bertz CT molecular complexity index is 2000. The van der Waals surface area contributed by atoms with E-state index in [2.05, 4.69) is 0 Å². The molecule has 11 heteroatoms. The van der Waals surface area contributed by atoms with Gasteiger partial charge in [-0.2, -0.15) is 0 Å². The molecule has 228 valence electrons. The van der Waals surface area contributed by atoms with Crippen molar-refractivity contribution in [3.63, 3.8) is 0 Å². The smallest absolute Gasteiger partial charge is 0.345 e. The molecule has 0 saturated carbocycles. The molecule has 0 aliphatic heterocycles. The molecule has 5 aromatic carbocycles. The number of esters is 1. The van der Waals surface area contributed by atoms with Crippen molar-refractivity contribution in [3.05, 3.63) is 96.1 Å². The summed E-state index contributed by atoms with van der Waals surface area (Å²) in [7, 11) is 0. The van der Waals surface area contributed by atoms with Crippen LogP contribution >= 0.6 is 0 Å². The van der Waals surface area contributed by atoms with Crippen LogP contribution in [0.15, 0.2) is 84.9 Å². The molecule has 0 spiro atoms. The lowest BCUT2D eigenvalue weighted by molar-refractivity contribution is -0.160. The summed E-state index contributed by atoms with van der Waals surface area (Å²) < 4.78 is 5.11. The molecule has 0 aromatic heterocycles. The number of carboxylic acids is 1. The highest BCUT2D eigenvalue weighted by Crippen LogP contribution is 2.43. The molecule has 45 heavy (non-hydrogen) atoms. The Morgan fingerprint density at radius 3 is 1.98 bits per heavy atom. The molecule has 0 heterocycles. The van der Waals surface area contributed by atoms with Crippen molar-refractivity contribution in [1.29, 1.82) is 0 Å². The van der Waals surface area contributed by atoms with Crippen LogP contribution < -0.4 is 0 Å². The highest BCUT2D eigenvalue weighted by atomic mass is 16.6. The molecule has 0 aliphatic carbocycles. The second-order valence-electron chi connectivity index (χ2n) is 10.2. The second-order valence-corrected chi connectivity index (χ2v) is 10.2. The lowest BCUT2D eigenvalue weighted by Crippen LogP contribution is -2.28. The van der Waals surface area contributed by atoms with E-state index in [1.54, 1.807) is 24.3 Å². The first-order valence-corrected chi connectivity index (χ1v) is 13.4. The Kier molecular flexibility index (Phi) is 8.09. The molecule has 11 nitrogen and oxygen atoms in total. The van der Waals surface area contributed by atoms with E-state index in [4.69, 9.17) is 4.74 Å². The van der Waals surface area contributed by atoms with E-state index < -0.39 is 46.8 Å². The molecule has 1 atom stereocenters. The Morgan fingerprint density at radius 1 is 0.667 bits per heavy atom. The third kappa shape index (κ3) is 6.37. The zero-order valence-electron chi connectivity index (χ0n) is 23.2. The molecule has 0 amide bonds. The van der Waals surface area contributed by atoms with Gasteiger partial charge >= 0.3 is 11.9 Å². The Labute approximate surface area is 255 Å². The predicted molar refractivity (Wildman–Crippen MR) is 163 cm³/mol. The number of phenolic OH excluding ortho intramolecular Hbond substituents is 7. The van der Waals surface area contributed by atoms with Gasteiger partial charge in [0.15, 0.2) is 34.5 Å². The topological polar surface area (TPSA) is 205 Å². The maximum atomic E-state index is 12.7. The molecule has 0 fully saturated rings. The highest BCUT2D eigenvalue weighted by Gasteiger charge is 2.23. The van der Waals surface area contributed by atoms with E-state index in [1.165, 1.54) is 54.6 Å². The maximum Gasteiger partial charge on any atom is 0.345 e. The summed E-state index contributed by atoms with van der Waals surface area (Å²) in [5.41, 5.74) is 2.49. The third-order valence-electron chi connectivity index (χ3n) is 7.10. The number of ether oxygens (including phenoxy) is 1. The Hall–Kier alpha value is -6.36. The number of aromatic hydroxyl groups is 7. The number of hydrogen-bond donors (Lipinski definition) is 8. The van der Waals surface area contributed by atoms with Crippen LogP contribution in [-0.4, -0.2) is 58.9 Å². The number of benzene rings is 5. The first-order chi connectivity index (χ1) is 21.4. The van der Waals surface area contributed by atoms with Gasteiger partial charge in [-0.15, -0.1) is 0 Å². The lowest BCUT2D eigenvalue weighted by Gasteiger charge is -2.15. The minimum absolute atomic E-state index is 0.0180. The number of aliphatic carboxylic acids is 1. The summed E-state index contributed by atoms with van der Waals surface area (Å²) in [6.07, 6.45) is 0.298. The molecule has 8 N–H and O–H groups in total. The highest BCUT2D eigenvalue weighted by molar-refractivity contribution is 6.02. The minimum Gasteiger partial charge on any atom is -0.508 e. The van der Waals surface area contributed by atoms with Gasteiger partial charge in [-0.1, -0.05) is 24.3 Å². The third-order valence-corrected chi connectivity index (χ3v) is 7.10. The first-order valence-electron chi connectivity index (χ1n) is 13.4. The summed E-state index contributed by atoms with van der Waals surface area (Å²) in [5, 5.41) is 80.8. The zero-order chi connectivity index (χ0) is 32.4. The monoisotopic (exact) mass is 610 g/mol. The number of rotatable bonds is 8. The number of carboxylic acid groups (broad SMARTS) is 1. The molecule has 5 aromatic rings. The summed E-state index contributed by atoms with van der Waals surface area (Å²) >= 11 is 0. The Balaban J connectivity index is 1.51. The quantitative estimate of drug-likeness (QED) is 0.0637. The fourth-order valence-corrected chi connectivity index (χ4v) is 4.88. The fraction of sp³-hybridized carbons (Fsp3) is 0.0588. The van der Waals surface area contributed by atoms with Crippen molar-refractivity contribution in [2.24, 2.45) is 0 Å². The van der Waals surface area contributed by atoms with Crippen molar-refractivity contribution in [3.8, 4) is 62.5 Å². The van der Waals surface area contributed by atoms with Crippen LogP contribution in [0.4, 0.5) is 0 Å². The molecule has 5 rings (SSSR count). The van der Waals surface area contributed by atoms with Crippen LogP contribution in [0.25, 0.3) is 39.1 Å². The second kappa shape index (κ2) is 12.1. The summed E-state index contributed by atoms with van der Waals surface area (Å²) in [6, 6.07) is 18.6. The number of fused-ring (bicyclic) bond motifs is 1. The molecule has 0 unspecified atom stereocenters. The van der Waals surface area contributed by atoms with Crippen LogP contribution in [0.5, 0.6) is 40.2 Å². The van der Waals surface area contributed by atoms with E-state index in [-0.39, 0.29) is 28.9 Å². The Morgan fingerprint density at radius 2 is 1.33 bits per heavy atom.